The first-order valence-corrected chi connectivity index (χ1v) is 9.79. The average Bonchev–Trinajstić information content (AvgIpc) is 3.37. The van der Waals surface area contributed by atoms with Crippen molar-refractivity contribution in [3.05, 3.63) is 63.8 Å². The first kappa shape index (κ1) is 22.9. The topological polar surface area (TPSA) is 109 Å². The average molecular weight is 465 g/mol. The summed E-state index contributed by atoms with van der Waals surface area (Å²) in [5, 5.41) is 6.66. The maximum Gasteiger partial charge on any atom is 0.348 e. The minimum Gasteiger partial charge on any atom is -0.468 e. The summed E-state index contributed by atoms with van der Waals surface area (Å²) in [7, 11) is 2.37. The van der Waals surface area contributed by atoms with Gasteiger partial charge >= 0.3 is 11.9 Å². The van der Waals surface area contributed by atoms with Crippen LogP contribution in [0.3, 0.4) is 0 Å². The second-order valence-corrected chi connectivity index (χ2v) is 7.31. The van der Waals surface area contributed by atoms with Crippen molar-refractivity contribution >= 4 is 34.2 Å². The first-order valence-electron chi connectivity index (χ1n) is 8.97. The predicted octanol–water partition coefficient (Wildman–Crippen LogP) is 3.39. The lowest BCUT2D eigenvalue weighted by Crippen LogP contribution is -2.16. The Balaban J connectivity index is 1.76. The number of carbonyl (C=O) groups is 3. The number of methoxy groups -OCH3 is 2. The monoisotopic (exact) mass is 465 g/mol. The Morgan fingerprint density at radius 1 is 1.12 bits per heavy atom. The Labute approximate surface area is 184 Å². The highest BCUT2D eigenvalue weighted by molar-refractivity contribution is 7.18. The van der Waals surface area contributed by atoms with Crippen LogP contribution in [0.15, 0.2) is 30.5 Å². The SMILES string of the molecule is COC(=O)c1sc(NC(=O)c2ccn(COc3ccc(F)cc3F)n2)c(C(=O)OC)c1C. The predicted molar refractivity (Wildman–Crippen MR) is 109 cm³/mol. The van der Waals surface area contributed by atoms with Crippen molar-refractivity contribution in [2.24, 2.45) is 0 Å². The van der Waals surface area contributed by atoms with Gasteiger partial charge in [-0.15, -0.1) is 11.3 Å². The summed E-state index contributed by atoms with van der Waals surface area (Å²) in [5.74, 6) is -3.85. The molecule has 0 radical (unpaired) electrons. The Bertz CT molecular complexity index is 1190. The van der Waals surface area contributed by atoms with E-state index in [4.69, 9.17) is 14.2 Å². The lowest BCUT2D eigenvalue weighted by Gasteiger charge is -2.07. The number of rotatable bonds is 7. The van der Waals surface area contributed by atoms with Gasteiger partial charge in [-0.1, -0.05) is 0 Å². The van der Waals surface area contributed by atoms with Gasteiger partial charge in [0.05, 0.1) is 19.8 Å². The van der Waals surface area contributed by atoms with Crippen molar-refractivity contribution in [2.45, 2.75) is 13.7 Å². The third-order valence-electron chi connectivity index (χ3n) is 4.25. The number of hydrogen-bond acceptors (Lipinski definition) is 8. The molecule has 2 heterocycles. The van der Waals surface area contributed by atoms with Crippen LogP contribution in [0.1, 0.15) is 36.1 Å². The van der Waals surface area contributed by atoms with Gasteiger partial charge in [0.2, 0.25) is 0 Å². The number of esters is 2. The first-order chi connectivity index (χ1) is 15.2. The van der Waals surface area contributed by atoms with Crippen LogP contribution < -0.4 is 10.1 Å². The second kappa shape index (κ2) is 9.56. The number of nitrogens with zero attached hydrogens (tertiary/aromatic N) is 2. The van der Waals surface area contributed by atoms with Gasteiger partial charge in [-0.2, -0.15) is 5.10 Å². The summed E-state index contributed by atoms with van der Waals surface area (Å²) in [6, 6.07) is 4.24. The minimum absolute atomic E-state index is 0.0285. The quantitative estimate of drug-likeness (QED) is 0.533. The van der Waals surface area contributed by atoms with Gasteiger partial charge in [0.1, 0.15) is 15.7 Å². The third-order valence-corrected chi connectivity index (χ3v) is 5.44. The summed E-state index contributed by atoms with van der Waals surface area (Å²) >= 11 is 0.864. The van der Waals surface area contributed by atoms with E-state index in [0.717, 1.165) is 23.5 Å². The molecule has 0 bridgehead atoms. The van der Waals surface area contributed by atoms with E-state index >= 15 is 0 Å². The Morgan fingerprint density at radius 3 is 2.50 bits per heavy atom. The molecule has 0 aliphatic rings. The van der Waals surface area contributed by atoms with Crippen LogP contribution in [0, 0.1) is 18.6 Å². The zero-order valence-electron chi connectivity index (χ0n) is 17.1. The standard InChI is InChI=1S/C20H17F2N3O6S/c1-10-15(19(27)29-2)18(32-16(10)20(28)30-3)23-17(26)13-6-7-25(24-13)9-31-14-5-4-11(21)8-12(14)22/h4-8H,9H2,1-3H3,(H,23,26). The smallest absolute Gasteiger partial charge is 0.348 e. The van der Waals surface area contributed by atoms with Crippen LogP contribution in [0.5, 0.6) is 5.75 Å². The van der Waals surface area contributed by atoms with Crippen LogP contribution in [0.2, 0.25) is 0 Å². The van der Waals surface area contributed by atoms with E-state index in [1.807, 2.05) is 0 Å². The van der Waals surface area contributed by atoms with Gasteiger partial charge in [-0.05, 0) is 30.7 Å². The van der Waals surface area contributed by atoms with Crippen LogP contribution in [0.25, 0.3) is 0 Å². The molecule has 32 heavy (non-hydrogen) atoms. The van der Waals surface area contributed by atoms with Crippen molar-refractivity contribution in [3.8, 4) is 5.75 Å². The fraction of sp³-hybridized carbons (Fsp3) is 0.200. The largest absolute Gasteiger partial charge is 0.468 e. The number of thiophene rings is 1. The van der Waals surface area contributed by atoms with E-state index in [1.165, 1.54) is 38.1 Å². The van der Waals surface area contributed by atoms with Crippen LogP contribution in [-0.4, -0.2) is 41.8 Å². The molecular weight excluding hydrogens is 448 g/mol. The molecular formula is C20H17F2N3O6S. The summed E-state index contributed by atoms with van der Waals surface area (Å²) in [6.07, 6.45) is 1.41. The number of halogens is 2. The fourth-order valence-electron chi connectivity index (χ4n) is 2.69. The summed E-state index contributed by atoms with van der Waals surface area (Å²) in [6.45, 7) is 1.29. The molecule has 0 spiro atoms. The highest BCUT2D eigenvalue weighted by Crippen LogP contribution is 2.34. The number of amides is 1. The molecule has 0 saturated heterocycles. The zero-order chi connectivity index (χ0) is 23.4. The molecule has 1 aromatic carbocycles. The van der Waals surface area contributed by atoms with Gasteiger partial charge in [-0.3, -0.25) is 4.79 Å². The van der Waals surface area contributed by atoms with Gasteiger partial charge in [0.25, 0.3) is 5.91 Å². The lowest BCUT2D eigenvalue weighted by atomic mass is 10.1. The Kier molecular flexibility index (Phi) is 6.83. The molecule has 3 rings (SSSR count). The maximum absolute atomic E-state index is 13.6. The number of carbonyl (C=O) groups excluding carboxylic acids is 3. The van der Waals surface area contributed by atoms with Crippen molar-refractivity contribution < 1.29 is 37.4 Å². The number of aromatic nitrogens is 2. The van der Waals surface area contributed by atoms with E-state index in [1.54, 1.807) is 0 Å². The Hall–Kier alpha value is -3.80. The van der Waals surface area contributed by atoms with Gasteiger partial charge in [0, 0.05) is 12.3 Å². The van der Waals surface area contributed by atoms with Crippen molar-refractivity contribution in [2.75, 3.05) is 19.5 Å². The molecule has 0 aliphatic heterocycles. The molecule has 0 saturated carbocycles. The van der Waals surface area contributed by atoms with Crippen LogP contribution >= 0.6 is 11.3 Å². The fourth-order valence-corrected chi connectivity index (χ4v) is 3.79. The molecule has 0 unspecified atom stereocenters. The summed E-state index contributed by atoms with van der Waals surface area (Å²) in [5.41, 5.74) is 0.305. The molecule has 1 N–H and O–H groups in total. The van der Waals surface area contributed by atoms with Crippen molar-refractivity contribution in [3.63, 3.8) is 0 Å². The van der Waals surface area contributed by atoms with Gasteiger partial charge < -0.3 is 19.5 Å². The zero-order valence-corrected chi connectivity index (χ0v) is 17.9. The third kappa shape index (κ3) is 4.75. The normalized spacial score (nSPS) is 10.5. The summed E-state index contributed by atoms with van der Waals surface area (Å²) < 4.78 is 42.5. The van der Waals surface area contributed by atoms with Crippen molar-refractivity contribution in [1.29, 1.82) is 0 Å². The Morgan fingerprint density at radius 2 is 1.84 bits per heavy atom. The highest BCUT2D eigenvalue weighted by Gasteiger charge is 2.27. The molecule has 9 nitrogen and oxygen atoms in total. The van der Waals surface area contributed by atoms with E-state index < -0.39 is 29.5 Å². The molecule has 168 valence electrons. The molecule has 0 fully saturated rings. The molecule has 0 aliphatic carbocycles. The second-order valence-electron chi connectivity index (χ2n) is 6.29. The highest BCUT2D eigenvalue weighted by atomic mass is 32.1. The number of nitrogens with one attached hydrogen (secondary N) is 1. The molecule has 0 atom stereocenters. The molecule has 2 aromatic heterocycles. The molecule has 3 aromatic rings. The van der Waals surface area contributed by atoms with Crippen molar-refractivity contribution in [1.82, 2.24) is 9.78 Å². The van der Waals surface area contributed by atoms with Crippen LogP contribution in [0.4, 0.5) is 13.8 Å². The lowest BCUT2D eigenvalue weighted by molar-refractivity contribution is 0.0601. The van der Waals surface area contributed by atoms with Crippen LogP contribution in [-0.2, 0) is 16.2 Å². The molecule has 12 heteroatoms. The van der Waals surface area contributed by atoms with E-state index in [-0.39, 0.29) is 33.6 Å². The number of anilines is 1. The van der Waals surface area contributed by atoms with Gasteiger partial charge in [0.15, 0.2) is 24.0 Å². The maximum atomic E-state index is 13.6. The number of benzene rings is 1. The van der Waals surface area contributed by atoms with E-state index in [2.05, 4.69) is 10.4 Å². The minimum atomic E-state index is -0.875. The summed E-state index contributed by atoms with van der Waals surface area (Å²) in [4.78, 5) is 36.9. The van der Waals surface area contributed by atoms with E-state index in [9.17, 15) is 23.2 Å². The number of hydrogen-bond donors (Lipinski definition) is 1. The molecule has 1 amide bonds. The number of ether oxygens (including phenoxy) is 3. The van der Waals surface area contributed by atoms with E-state index in [0.29, 0.717) is 11.6 Å². The van der Waals surface area contributed by atoms with Gasteiger partial charge in [-0.25, -0.2) is 23.1 Å².